The van der Waals surface area contributed by atoms with Gasteiger partial charge in [0.15, 0.2) is 0 Å². The molecule has 0 aliphatic heterocycles. The fraction of sp³-hybridized carbons (Fsp3) is 0.200. The second-order valence-corrected chi connectivity index (χ2v) is 4.72. The van der Waals surface area contributed by atoms with Crippen molar-refractivity contribution in [2.24, 2.45) is 0 Å². The van der Waals surface area contributed by atoms with Gasteiger partial charge in [-0.2, -0.15) is 0 Å². The van der Waals surface area contributed by atoms with Crippen molar-refractivity contribution in [2.75, 3.05) is 14.1 Å². The van der Waals surface area contributed by atoms with E-state index in [0.29, 0.717) is 5.56 Å². The van der Waals surface area contributed by atoms with E-state index < -0.39 is 16.8 Å². The van der Waals surface area contributed by atoms with E-state index >= 15 is 0 Å². The normalized spacial score (nSPS) is 11.5. The van der Waals surface area contributed by atoms with Crippen molar-refractivity contribution in [1.82, 2.24) is 9.88 Å². The Kier molecular flexibility index (Phi) is 4.67. The molecule has 0 radical (unpaired) electrons. The zero-order chi connectivity index (χ0) is 16.1. The number of likely N-dealkylation sites (N-methyl/N-ethyl adjacent to an activating group) is 1. The third-order valence-corrected chi connectivity index (χ3v) is 2.94. The summed E-state index contributed by atoms with van der Waals surface area (Å²) in [5.41, 5.74) is 0.611. The third-order valence-electron chi connectivity index (χ3n) is 2.94. The molecule has 1 atom stereocenters. The summed E-state index contributed by atoms with van der Waals surface area (Å²) in [5, 5.41) is 11.0. The van der Waals surface area contributed by atoms with Crippen LogP contribution in [0.4, 0.5) is 5.82 Å². The Bertz CT molecular complexity index is 673. The molecule has 22 heavy (non-hydrogen) atoms. The molecule has 1 aromatic carbocycles. The van der Waals surface area contributed by atoms with Crippen LogP contribution in [0.3, 0.4) is 0 Å². The van der Waals surface area contributed by atoms with Crippen molar-refractivity contribution in [3.63, 3.8) is 0 Å². The lowest BCUT2D eigenvalue weighted by Gasteiger charge is -2.21. The second kappa shape index (κ2) is 6.66. The monoisotopic (exact) mass is 301 g/mol. The van der Waals surface area contributed by atoms with Gasteiger partial charge in [0.05, 0.1) is 0 Å². The quantitative estimate of drug-likeness (QED) is 0.624. The molecule has 0 aliphatic rings. The van der Waals surface area contributed by atoms with Crippen molar-refractivity contribution < 1.29 is 14.5 Å². The minimum atomic E-state index is -0.973. The van der Waals surface area contributed by atoms with Gasteiger partial charge >= 0.3 is 5.82 Å². The number of carbonyl (C=O) groups is 1. The fourth-order valence-corrected chi connectivity index (χ4v) is 1.86. The molecule has 7 nitrogen and oxygen atoms in total. The molecule has 0 bridgehead atoms. The molecular formula is C15H15N3O4. The van der Waals surface area contributed by atoms with Crippen molar-refractivity contribution in [1.29, 1.82) is 0 Å². The van der Waals surface area contributed by atoms with Gasteiger partial charge in [-0.3, -0.25) is 4.79 Å². The van der Waals surface area contributed by atoms with Gasteiger partial charge in [-0.05, 0) is 22.0 Å². The Balaban J connectivity index is 2.40. The Hall–Kier alpha value is -2.96. The van der Waals surface area contributed by atoms with Gasteiger partial charge in [-0.25, -0.2) is 0 Å². The fourth-order valence-electron chi connectivity index (χ4n) is 1.86. The highest BCUT2D eigenvalue weighted by Gasteiger charge is 2.27. The Morgan fingerprint density at radius 1 is 1.23 bits per heavy atom. The van der Waals surface area contributed by atoms with Crippen molar-refractivity contribution >= 4 is 11.7 Å². The van der Waals surface area contributed by atoms with Gasteiger partial charge in [0.1, 0.15) is 6.20 Å². The third kappa shape index (κ3) is 3.38. The van der Waals surface area contributed by atoms with Crippen LogP contribution in [0.15, 0.2) is 48.7 Å². The first kappa shape index (κ1) is 15.4. The van der Waals surface area contributed by atoms with Gasteiger partial charge in [0.2, 0.25) is 11.9 Å². The number of nitro groups is 1. The van der Waals surface area contributed by atoms with E-state index in [4.69, 9.17) is 4.74 Å². The standard InChI is InChI=1S/C15H15N3O4/c1-17(2)15(19)13(11-7-4-3-5-8-11)22-12-9-6-10-16-14(12)18(20)21/h3-10,13H,1-2H3/t13-/m1/s1. The SMILES string of the molecule is CN(C)C(=O)[C@H](Oc1cccnc1[N+](=O)[O-])c1ccccc1. The highest BCUT2D eigenvalue weighted by molar-refractivity contribution is 5.82. The van der Waals surface area contributed by atoms with Crippen molar-refractivity contribution in [3.05, 3.63) is 64.3 Å². The first-order valence-corrected chi connectivity index (χ1v) is 6.53. The average Bonchev–Trinajstić information content (AvgIpc) is 2.53. The number of hydrogen-bond donors (Lipinski definition) is 0. The van der Waals surface area contributed by atoms with Crippen LogP contribution in [0, 0.1) is 10.1 Å². The van der Waals surface area contributed by atoms with E-state index in [1.807, 2.05) is 6.07 Å². The van der Waals surface area contributed by atoms with Crippen molar-refractivity contribution in [2.45, 2.75) is 6.10 Å². The number of rotatable bonds is 5. The maximum atomic E-state index is 12.3. The number of ether oxygens (including phenoxy) is 1. The number of hydrogen-bond acceptors (Lipinski definition) is 5. The summed E-state index contributed by atoms with van der Waals surface area (Å²) in [6.07, 6.45) is 0.329. The molecule has 1 aromatic heterocycles. The van der Waals surface area contributed by atoms with Crippen LogP contribution in [0.2, 0.25) is 0 Å². The van der Waals surface area contributed by atoms with Crippen LogP contribution in [-0.4, -0.2) is 34.8 Å². The van der Waals surface area contributed by atoms with E-state index in [1.165, 1.54) is 23.2 Å². The number of nitrogens with zero attached hydrogens (tertiary/aromatic N) is 3. The van der Waals surface area contributed by atoms with E-state index in [9.17, 15) is 14.9 Å². The van der Waals surface area contributed by atoms with Gasteiger partial charge in [0, 0.05) is 19.7 Å². The van der Waals surface area contributed by atoms with Gasteiger partial charge in [-0.1, -0.05) is 30.3 Å². The van der Waals surface area contributed by atoms with E-state index in [2.05, 4.69) is 4.98 Å². The molecule has 0 saturated heterocycles. The Morgan fingerprint density at radius 2 is 1.91 bits per heavy atom. The minimum Gasteiger partial charge on any atom is -0.467 e. The van der Waals surface area contributed by atoms with Crippen LogP contribution in [0.1, 0.15) is 11.7 Å². The molecule has 0 N–H and O–H groups in total. The summed E-state index contributed by atoms with van der Waals surface area (Å²) in [5.74, 6) is -0.782. The first-order valence-electron chi connectivity index (χ1n) is 6.53. The zero-order valence-corrected chi connectivity index (χ0v) is 12.2. The molecule has 2 aromatic rings. The minimum absolute atomic E-state index is 0.0449. The Labute approximate surface area is 127 Å². The lowest BCUT2D eigenvalue weighted by Crippen LogP contribution is -2.31. The zero-order valence-electron chi connectivity index (χ0n) is 12.2. The predicted octanol–water partition coefficient (Wildman–Crippen LogP) is 2.20. The summed E-state index contributed by atoms with van der Waals surface area (Å²) in [6.45, 7) is 0. The van der Waals surface area contributed by atoms with Crippen LogP contribution in [0.25, 0.3) is 0 Å². The maximum absolute atomic E-state index is 12.3. The lowest BCUT2D eigenvalue weighted by atomic mass is 10.1. The topological polar surface area (TPSA) is 85.6 Å². The molecule has 7 heteroatoms. The lowest BCUT2D eigenvalue weighted by molar-refractivity contribution is -0.390. The van der Waals surface area contributed by atoms with E-state index in [1.54, 1.807) is 38.4 Å². The predicted molar refractivity (Wildman–Crippen MR) is 79.4 cm³/mol. The highest BCUT2D eigenvalue weighted by atomic mass is 16.6. The summed E-state index contributed by atoms with van der Waals surface area (Å²) in [4.78, 5) is 27.8. The van der Waals surface area contributed by atoms with Crippen LogP contribution in [-0.2, 0) is 4.79 Å². The summed E-state index contributed by atoms with van der Waals surface area (Å²) in [6, 6.07) is 11.8. The van der Waals surface area contributed by atoms with Gasteiger partial charge < -0.3 is 19.8 Å². The van der Waals surface area contributed by atoms with E-state index in [-0.39, 0.29) is 11.7 Å². The van der Waals surface area contributed by atoms with Crippen molar-refractivity contribution in [3.8, 4) is 5.75 Å². The number of pyridine rings is 1. The molecule has 0 unspecified atom stereocenters. The highest BCUT2D eigenvalue weighted by Crippen LogP contribution is 2.29. The number of amides is 1. The first-order chi connectivity index (χ1) is 10.5. The molecule has 1 heterocycles. The molecular weight excluding hydrogens is 286 g/mol. The number of aromatic nitrogens is 1. The van der Waals surface area contributed by atoms with Crippen LogP contribution >= 0.6 is 0 Å². The molecule has 2 rings (SSSR count). The molecule has 0 fully saturated rings. The molecule has 1 amide bonds. The molecule has 0 saturated carbocycles. The summed E-state index contributed by atoms with van der Waals surface area (Å²) in [7, 11) is 3.19. The maximum Gasteiger partial charge on any atom is 0.406 e. The number of benzene rings is 1. The Morgan fingerprint density at radius 3 is 2.50 bits per heavy atom. The number of carbonyl (C=O) groups excluding carboxylic acids is 1. The molecule has 114 valence electrons. The van der Waals surface area contributed by atoms with E-state index in [0.717, 1.165) is 0 Å². The summed E-state index contributed by atoms with van der Waals surface area (Å²) >= 11 is 0. The largest absolute Gasteiger partial charge is 0.467 e. The van der Waals surface area contributed by atoms with Crippen LogP contribution < -0.4 is 4.74 Å². The average molecular weight is 301 g/mol. The molecule has 0 aliphatic carbocycles. The molecule has 0 spiro atoms. The van der Waals surface area contributed by atoms with Gasteiger partial charge in [-0.15, -0.1) is 0 Å². The summed E-state index contributed by atoms with van der Waals surface area (Å²) < 4.78 is 5.62. The second-order valence-electron chi connectivity index (χ2n) is 4.72. The van der Waals surface area contributed by atoms with Crippen LogP contribution in [0.5, 0.6) is 5.75 Å². The van der Waals surface area contributed by atoms with Gasteiger partial charge in [0.25, 0.3) is 5.91 Å². The smallest absolute Gasteiger partial charge is 0.406 e.